The number of rotatable bonds is 1. The van der Waals surface area contributed by atoms with Crippen LogP contribution in [0.4, 0.5) is 0 Å². The van der Waals surface area contributed by atoms with Crippen molar-refractivity contribution in [3.05, 3.63) is 41.6 Å². The van der Waals surface area contributed by atoms with E-state index in [1.807, 2.05) is 45.1 Å². The third-order valence-electron chi connectivity index (χ3n) is 1.46. The van der Waals surface area contributed by atoms with Gasteiger partial charge in [-0.15, -0.1) is 0 Å². The van der Waals surface area contributed by atoms with E-state index in [2.05, 4.69) is 11.6 Å². The van der Waals surface area contributed by atoms with E-state index in [1.54, 1.807) is 12.3 Å². The third-order valence-corrected chi connectivity index (χ3v) is 1.46. The van der Waals surface area contributed by atoms with Crippen LogP contribution in [0.25, 0.3) is 12.2 Å². The third kappa shape index (κ3) is 3.70. The molecule has 1 rings (SSSR count). The Morgan fingerprint density at radius 2 is 2.08 bits per heavy atom. The van der Waals surface area contributed by atoms with Crippen molar-refractivity contribution in [3.8, 4) is 0 Å². The van der Waals surface area contributed by atoms with Crippen LogP contribution in [0.2, 0.25) is 0 Å². The van der Waals surface area contributed by atoms with E-state index >= 15 is 0 Å². The molecular formula is C12H17N. The minimum atomic E-state index is 0.977. The summed E-state index contributed by atoms with van der Waals surface area (Å²) in [5, 5.41) is 2.12. The molecule has 1 nitrogen and oxygen atoms in total. The van der Waals surface area contributed by atoms with Crippen LogP contribution in [0.1, 0.15) is 20.8 Å². The predicted molar refractivity (Wildman–Crippen MR) is 59.6 cm³/mol. The summed E-state index contributed by atoms with van der Waals surface area (Å²) in [5.41, 5.74) is 0. The molecule has 0 saturated carbocycles. The van der Waals surface area contributed by atoms with E-state index in [-0.39, 0.29) is 0 Å². The first kappa shape index (κ1) is 11.6. The Bertz CT molecular complexity index is 350. The van der Waals surface area contributed by atoms with E-state index in [0.29, 0.717) is 0 Å². The molecular weight excluding hydrogens is 158 g/mol. The van der Waals surface area contributed by atoms with Gasteiger partial charge in [-0.25, -0.2) is 0 Å². The van der Waals surface area contributed by atoms with Crippen LogP contribution < -0.4 is 10.6 Å². The average Bonchev–Trinajstić information content (AvgIpc) is 2.22. The van der Waals surface area contributed by atoms with Crippen molar-refractivity contribution in [2.24, 2.45) is 0 Å². The van der Waals surface area contributed by atoms with Gasteiger partial charge in [-0.3, -0.25) is 4.98 Å². The smallest absolute Gasteiger partial charge is 0.0698 e. The van der Waals surface area contributed by atoms with Gasteiger partial charge in [-0.05, 0) is 24.3 Å². The molecule has 0 atom stereocenters. The molecule has 0 radical (unpaired) electrons. The number of hydrogen-bond donors (Lipinski definition) is 0. The van der Waals surface area contributed by atoms with Crippen molar-refractivity contribution in [3.63, 3.8) is 0 Å². The molecule has 0 N–H and O–H groups in total. The van der Waals surface area contributed by atoms with Crippen LogP contribution in [0.3, 0.4) is 0 Å². The fraction of sp³-hybridized carbons (Fsp3) is 0.250. The van der Waals surface area contributed by atoms with Crippen LogP contribution in [-0.4, -0.2) is 4.98 Å². The lowest BCUT2D eigenvalue weighted by Gasteiger charge is -1.85. The summed E-state index contributed by atoms with van der Waals surface area (Å²) >= 11 is 0. The predicted octanol–water partition coefficient (Wildman–Crippen LogP) is 1.87. The second-order valence-electron chi connectivity index (χ2n) is 2.17. The molecule has 0 aliphatic carbocycles. The highest BCUT2D eigenvalue weighted by Gasteiger charge is 1.79. The molecule has 0 saturated heterocycles. The van der Waals surface area contributed by atoms with Crippen LogP contribution >= 0.6 is 0 Å². The van der Waals surface area contributed by atoms with Gasteiger partial charge < -0.3 is 0 Å². The molecule has 1 aromatic rings. The highest BCUT2D eigenvalue weighted by Crippen LogP contribution is 1.68. The van der Waals surface area contributed by atoms with Crippen molar-refractivity contribution < 1.29 is 0 Å². The molecule has 1 heteroatoms. The SMILES string of the molecule is C=C/C=c1/nccc/c1=C/C.CC. The molecule has 0 fully saturated rings. The van der Waals surface area contributed by atoms with Gasteiger partial charge in [0.25, 0.3) is 0 Å². The molecule has 1 aromatic heterocycles. The van der Waals surface area contributed by atoms with Gasteiger partial charge in [0.05, 0.1) is 5.35 Å². The topological polar surface area (TPSA) is 12.9 Å². The van der Waals surface area contributed by atoms with E-state index in [4.69, 9.17) is 0 Å². The van der Waals surface area contributed by atoms with Crippen LogP contribution in [-0.2, 0) is 0 Å². The second-order valence-corrected chi connectivity index (χ2v) is 2.17. The number of aromatic nitrogens is 1. The summed E-state index contributed by atoms with van der Waals surface area (Å²) in [5.74, 6) is 0. The molecule has 0 bridgehead atoms. The highest BCUT2D eigenvalue weighted by molar-refractivity contribution is 5.34. The maximum atomic E-state index is 4.18. The van der Waals surface area contributed by atoms with Crippen molar-refractivity contribution in [2.45, 2.75) is 20.8 Å². The fourth-order valence-corrected chi connectivity index (χ4v) is 0.925. The number of hydrogen-bond acceptors (Lipinski definition) is 1. The van der Waals surface area contributed by atoms with Crippen molar-refractivity contribution in [2.75, 3.05) is 0 Å². The summed E-state index contributed by atoms with van der Waals surface area (Å²) < 4.78 is 0. The largest absolute Gasteiger partial charge is 0.256 e. The van der Waals surface area contributed by atoms with Crippen LogP contribution in [0, 0.1) is 0 Å². The molecule has 0 aliphatic heterocycles. The minimum Gasteiger partial charge on any atom is -0.256 e. The molecule has 1 heterocycles. The Labute approximate surface area is 80.1 Å². The second kappa shape index (κ2) is 7.29. The first-order valence-electron chi connectivity index (χ1n) is 4.58. The number of nitrogens with zero attached hydrogens (tertiary/aromatic N) is 1. The molecule has 0 aromatic carbocycles. The maximum Gasteiger partial charge on any atom is 0.0698 e. The molecule has 70 valence electrons. The zero-order chi connectivity index (χ0) is 10.1. The molecule has 0 spiro atoms. The van der Waals surface area contributed by atoms with Gasteiger partial charge >= 0.3 is 0 Å². The van der Waals surface area contributed by atoms with Crippen LogP contribution in [0.5, 0.6) is 0 Å². The number of pyridine rings is 1. The lowest BCUT2D eigenvalue weighted by molar-refractivity contribution is 1.22. The Kier molecular flexibility index (Phi) is 6.52. The quantitative estimate of drug-likeness (QED) is 0.635. The molecule has 13 heavy (non-hydrogen) atoms. The molecule has 0 amide bonds. The fourth-order valence-electron chi connectivity index (χ4n) is 0.925. The van der Waals surface area contributed by atoms with Crippen molar-refractivity contribution in [1.29, 1.82) is 0 Å². The number of allylic oxidation sites excluding steroid dienone is 1. The molecule has 0 unspecified atom stereocenters. The van der Waals surface area contributed by atoms with E-state index in [1.165, 1.54) is 0 Å². The summed E-state index contributed by atoms with van der Waals surface area (Å²) in [6, 6.07) is 3.96. The zero-order valence-electron chi connectivity index (χ0n) is 8.62. The lowest BCUT2D eigenvalue weighted by atomic mass is 10.3. The summed E-state index contributed by atoms with van der Waals surface area (Å²) in [7, 11) is 0. The van der Waals surface area contributed by atoms with Crippen molar-refractivity contribution >= 4 is 12.2 Å². The van der Waals surface area contributed by atoms with Crippen LogP contribution in [0.15, 0.2) is 31.0 Å². The standard InChI is InChI=1S/C10H11N.C2H6/c1-3-6-10-9(4-2)7-5-8-11-10;1-2/h3-8H,1H2,2H3;1-2H3/b9-4-,10-6+;. The van der Waals surface area contributed by atoms with E-state index in [9.17, 15) is 0 Å². The van der Waals surface area contributed by atoms with E-state index in [0.717, 1.165) is 10.6 Å². The zero-order valence-corrected chi connectivity index (χ0v) is 8.62. The normalized spacial score (nSPS) is 11.9. The lowest BCUT2D eigenvalue weighted by Crippen LogP contribution is -2.26. The Morgan fingerprint density at radius 3 is 2.62 bits per heavy atom. The molecule has 0 aliphatic rings. The Hall–Kier alpha value is -1.37. The monoisotopic (exact) mass is 175 g/mol. The highest BCUT2D eigenvalue weighted by atomic mass is 14.6. The van der Waals surface area contributed by atoms with Gasteiger partial charge in [-0.1, -0.05) is 38.6 Å². The van der Waals surface area contributed by atoms with E-state index < -0.39 is 0 Å². The first-order valence-corrected chi connectivity index (χ1v) is 4.58. The van der Waals surface area contributed by atoms with Crippen molar-refractivity contribution in [1.82, 2.24) is 4.98 Å². The average molecular weight is 175 g/mol. The Balaban J connectivity index is 0.000000671. The summed E-state index contributed by atoms with van der Waals surface area (Å²) in [6.45, 7) is 9.62. The minimum absolute atomic E-state index is 0.977. The van der Waals surface area contributed by atoms with Gasteiger partial charge in [0.1, 0.15) is 0 Å². The van der Waals surface area contributed by atoms with Gasteiger partial charge in [0.2, 0.25) is 0 Å². The van der Waals surface area contributed by atoms with Gasteiger partial charge in [0, 0.05) is 6.20 Å². The summed E-state index contributed by atoms with van der Waals surface area (Å²) in [4.78, 5) is 4.18. The Morgan fingerprint density at radius 1 is 1.38 bits per heavy atom. The van der Waals surface area contributed by atoms with Gasteiger partial charge in [-0.2, -0.15) is 0 Å². The summed E-state index contributed by atoms with van der Waals surface area (Å²) in [6.07, 6.45) is 7.45. The maximum absolute atomic E-state index is 4.18. The first-order chi connectivity index (χ1) is 6.38. The van der Waals surface area contributed by atoms with Gasteiger partial charge in [0.15, 0.2) is 0 Å².